The van der Waals surface area contributed by atoms with Crippen LogP contribution in [0.3, 0.4) is 0 Å². The molecule has 1 saturated heterocycles. The molecule has 0 saturated carbocycles. The van der Waals surface area contributed by atoms with Crippen LogP contribution in [0.1, 0.15) is 46.0 Å². The Kier molecular flexibility index (Phi) is 11.4. The van der Waals surface area contributed by atoms with Crippen LogP contribution in [0.4, 0.5) is 0 Å². The second-order valence-electron chi connectivity index (χ2n) is 5.37. The van der Waals surface area contributed by atoms with E-state index in [1.807, 2.05) is 9.80 Å². The molecule has 1 rings (SSSR count). The second-order valence-corrected chi connectivity index (χ2v) is 5.37. The Morgan fingerprint density at radius 1 is 1.05 bits per heavy atom. The highest BCUT2D eigenvalue weighted by atomic mass is 35.5. The summed E-state index contributed by atoms with van der Waals surface area (Å²) in [5, 5.41) is 3.23. The molecule has 2 amide bonds. The smallest absolute Gasteiger partial charge is 0.222 e. The van der Waals surface area contributed by atoms with Gasteiger partial charge in [-0.3, -0.25) is 9.59 Å². The average Bonchev–Trinajstić information content (AvgIpc) is 2.47. The molecule has 21 heavy (non-hydrogen) atoms. The Morgan fingerprint density at radius 2 is 1.62 bits per heavy atom. The van der Waals surface area contributed by atoms with Crippen LogP contribution in [0.2, 0.25) is 0 Å². The Hall–Kier alpha value is -0.810. The van der Waals surface area contributed by atoms with Gasteiger partial charge in [-0.15, -0.1) is 12.4 Å². The zero-order chi connectivity index (χ0) is 14.8. The average molecular weight is 320 g/mol. The number of carbonyl (C=O) groups excluding carboxylic acids is 2. The van der Waals surface area contributed by atoms with Gasteiger partial charge in [0.05, 0.1) is 0 Å². The third-order valence-corrected chi connectivity index (χ3v) is 3.59. The van der Waals surface area contributed by atoms with Gasteiger partial charge in [0.2, 0.25) is 11.8 Å². The minimum absolute atomic E-state index is 0. The summed E-state index contributed by atoms with van der Waals surface area (Å²) in [6.45, 7) is 9.19. The van der Waals surface area contributed by atoms with E-state index in [2.05, 4.69) is 19.2 Å². The fourth-order valence-corrected chi connectivity index (χ4v) is 2.52. The first-order valence-electron chi connectivity index (χ1n) is 7.95. The van der Waals surface area contributed by atoms with Gasteiger partial charge < -0.3 is 15.1 Å². The van der Waals surface area contributed by atoms with Gasteiger partial charge in [0.15, 0.2) is 0 Å². The molecule has 0 aromatic rings. The topological polar surface area (TPSA) is 52.7 Å². The molecule has 0 bridgehead atoms. The standard InChI is InChI=1S/C15H29N3O2.ClH/c1-3-10-17(11-4-2)14(19)6-5-7-15(20)18-12-8-16-9-13-18;/h16H,3-13H2,1-2H3;1H. The molecule has 124 valence electrons. The number of nitrogens with zero attached hydrogens (tertiary/aromatic N) is 2. The van der Waals surface area contributed by atoms with E-state index >= 15 is 0 Å². The van der Waals surface area contributed by atoms with Crippen molar-refractivity contribution in [2.45, 2.75) is 46.0 Å². The van der Waals surface area contributed by atoms with Crippen molar-refractivity contribution in [1.82, 2.24) is 15.1 Å². The lowest BCUT2D eigenvalue weighted by Gasteiger charge is -2.27. The van der Waals surface area contributed by atoms with Crippen molar-refractivity contribution in [1.29, 1.82) is 0 Å². The summed E-state index contributed by atoms with van der Waals surface area (Å²) in [6, 6.07) is 0. The van der Waals surface area contributed by atoms with Gasteiger partial charge in [-0.1, -0.05) is 13.8 Å². The van der Waals surface area contributed by atoms with E-state index in [9.17, 15) is 9.59 Å². The van der Waals surface area contributed by atoms with Crippen LogP contribution in [0.25, 0.3) is 0 Å². The number of rotatable bonds is 8. The van der Waals surface area contributed by atoms with Gasteiger partial charge in [-0.25, -0.2) is 0 Å². The van der Waals surface area contributed by atoms with E-state index in [4.69, 9.17) is 0 Å². The molecule has 1 aliphatic heterocycles. The molecule has 0 atom stereocenters. The van der Waals surface area contributed by atoms with Crippen LogP contribution in [0.15, 0.2) is 0 Å². The minimum Gasteiger partial charge on any atom is -0.343 e. The Labute approximate surface area is 134 Å². The van der Waals surface area contributed by atoms with E-state index < -0.39 is 0 Å². The zero-order valence-corrected chi connectivity index (χ0v) is 14.2. The van der Waals surface area contributed by atoms with E-state index in [0.717, 1.165) is 52.1 Å². The molecule has 0 unspecified atom stereocenters. The highest BCUT2D eigenvalue weighted by Gasteiger charge is 2.17. The van der Waals surface area contributed by atoms with Gasteiger partial charge >= 0.3 is 0 Å². The molecule has 0 radical (unpaired) electrons. The summed E-state index contributed by atoms with van der Waals surface area (Å²) in [5.41, 5.74) is 0. The summed E-state index contributed by atoms with van der Waals surface area (Å²) >= 11 is 0. The fourth-order valence-electron chi connectivity index (χ4n) is 2.52. The van der Waals surface area contributed by atoms with Gasteiger partial charge in [0.1, 0.15) is 0 Å². The molecule has 0 aromatic carbocycles. The Morgan fingerprint density at radius 3 is 2.14 bits per heavy atom. The molecule has 6 heteroatoms. The molecule has 0 aliphatic carbocycles. The Bertz CT molecular complexity index is 301. The van der Waals surface area contributed by atoms with E-state index in [0.29, 0.717) is 19.3 Å². The quantitative estimate of drug-likeness (QED) is 0.740. The highest BCUT2D eigenvalue weighted by Crippen LogP contribution is 2.06. The molecule has 1 fully saturated rings. The number of nitrogens with one attached hydrogen (secondary N) is 1. The van der Waals surface area contributed by atoms with Crippen molar-refractivity contribution in [2.24, 2.45) is 0 Å². The number of halogens is 1. The molecule has 0 spiro atoms. The van der Waals surface area contributed by atoms with E-state index in [-0.39, 0.29) is 24.2 Å². The van der Waals surface area contributed by atoms with Crippen molar-refractivity contribution in [3.63, 3.8) is 0 Å². The van der Waals surface area contributed by atoms with Gasteiger partial charge in [0, 0.05) is 52.1 Å². The minimum atomic E-state index is 0. The first-order valence-corrected chi connectivity index (χ1v) is 7.95. The van der Waals surface area contributed by atoms with Crippen LogP contribution in [-0.4, -0.2) is 60.9 Å². The van der Waals surface area contributed by atoms with Gasteiger partial charge in [-0.2, -0.15) is 0 Å². The lowest BCUT2D eigenvalue weighted by Crippen LogP contribution is -2.46. The van der Waals surface area contributed by atoms with Gasteiger partial charge in [0.25, 0.3) is 0 Å². The lowest BCUT2D eigenvalue weighted by atomic mass is 10.2. The summed E-state index contributed by atoms with van der Waals surface area (Å²) in [4.78, 5) is 27.9. The summed E-state index contributed by atoms with van der Waals surface area (Å²) in [6.07, 6.45) is 3.65. The summed E-state index contributed by atoms with van der Waals surface area (Å²) in [5.74, 6) is 0.388. The van der Waals surface area contributed by atoms with Crippen molar-refractivity contribution in [2.75, 3.05) is 39.3 Å². The maximum Gasteiger partial charge on any atom is 0.222 e. The van der Waals surface area contributed by atoms with Crippen LogP contribution in [0, 0.1) is 0 Å². The third kappa shape index (κ3) is 7.67. The number of piperazine rings is 1. The third-order valence-electron chi connectivity index (χ3n) is 3.59. The molecule has 0 aromatic heterocycles. The van der Waals surface area contributed by atoms with Crippen molar-refractivity contribution in [3.8, 4) is 0 Å². The molecular weight excluding hydrogens is 290 g/mol. The normalized spacial score (nSPS) is 14.5. The first kappa shape index (κ1) is 20.2. The predicted octanol–water partition coefficient (Wildman–Crippen LogP) is 1.66. The molecule has 1 aliphatic rings. The van der Waals surface area contributed by atoms with Crippen LogP contribution in [-0.2, 0) is 9.59 Å². The van der Waals surface area contributed by atoms with Crippen LogP contribution >= 0.6 is 12.4 Å². The van der Waals surface area contributed by atoms with Crippen molar-refractivity contribution >= 4 is 24.2 Å². The fraction of sp³-hybridized carbons (Fsp3) is 0.867. The van der Waals surface area contributed by atoms with Crippen molar-refractivity contribution in [3.05, 3.63) is 0 Å². The number of amides is 2. The summed E-state index contributed by atoms with van der Waals surface area (Å²) in [7, 11) is 0. The van der Waals surface area contributed by atoms with Gasteiger partial charge in [-0.05, 0) is 19.3 Å². The largest absolute Gasteiger partial charge is 0.343 e. The number of hydrogen-bond acceptors (Lipinski definition) is 3. The predicted molar refractivity (Wildman–Crippen MR) is 87.7 cm³/mol. The van der Waals surface area contributed by atoms with Crippen LogP contribution in [0.5, 0.6) is 0 Å². The monoisotopic (exact) mass is 319 g/mol. The molecular formula is C15H30ClN3O2. The highest BCUT2D eigenvalue weighted by molar-refractivity contribution is 5.85. The van der Waals surface area contributed by atoms with E-state index in [1.54, 1.807) is 0 Å². The maximum atomic E-state index is 12.1. The lowest BCUT2D eigenvalue weighted by molar-refractivity contribution is -0.133. The summed E-state index contributed by atoms with van der Waals surface area (Å²) < 4.78 is 0. The van der Waals surface area contributed by atoms with Crippen LogP contribution < -0.4 is 5.32 Å². The SMILES string of the molecule is CCCN(CCC)C(=O)CCCC(=O)N1CCNCC1.Cl. The number of hydrogen-bond donors (Lipinski definition) is 1. The second kappa shape index (κ2) is 11.8. The zero-order valence-electron chi connectivity index (χ0n) is 13.4. The van der Waals surface area contributed by atoms with E-state index in [1.165, 1.54) is 0 Å². The first-order chi connectivity index (χ1) is 9.69. The molecule has 1 heterocycles. The number of carbonyl (C=O) groups is 2. The Balaban J connectivity index is 0.00000400. The maximum absolute atomic E-state index is 12.1. The molecule has 1 N–H and O–H groups in total. The molecule has 5 nitrogen and oxygen atoms in total. The van der Waals surface area contributed by atoms with Crippen molar-refractivity contribution < 1.29 is 9.59 Å².